The van der Waals surface area contributed by atoms with Gasteiger partial charge >= 0.3 is 0 Å². The third-order valence-corrected chi connectivity index (χ3v) is 7.32. The van der Waals surface area contributed by atoms with Crippen LogP contribution in [0.25, 0.3) is 0 Å². The lowest BCUT2D eigenvalue weighted by molar-refractivity contribution is -0.128. The van der Waals surface area contributed by atoms with Crippen LogP contribution in [0, 0.1) is 5.92 Å². The van der Waals surface area contributed by atoms with Crippen molar-refractivity contribution in [3.63, 3.8) is 0 Å². The third-order valence-electron chi connectivity index (χ3n) is 3.71. The third kappa shape index (κ3) is 5.55. The van der Waals surface area contributed by atoms with E-state index in [1.807, 2.05) is 4.90 Å². The standard InChI is InChI=1S/C16H22N6OS3/c1-12(2)10-24-15-19-20-16(26-15)25-11-13(23)21-6-8-22(9-7-21)14-17-4-3-5-18-14/h3-5,12H,6-11H2,1-2H3. The summed E-state index contributed by atoms with van der Waals surface area (Å²) in [6.07, 6.45) is 3.48. The number of thioether (sulfide) groups is 2. The first-order chi connectivity index (χ1) is 12.6. The Labute approximate surface area is 166 Å². The minimum Gasteiger partial charge on any atom is -0.338 e. The van der Waals surface area contributed by atoms with Crippen LogP contribution in [0.1, 0.15) is 13.8 Å². The van der Waals surface area contributed by atoms with E-state index in [2.05, 4.69) is 38.9 Å². The topological polar surface area (TPSA) is 75.1 Å². The molecule has 1 aliphatic rings. The highest BCUT2D eigenvalue weighted by Crippen LogP contribution is 2.29. The Morgan fingerprint density at radius 2 is 1.77 bits per heavy atom. The van der Waals surface area contributed by atoms with Gasteiger partial charge in [0, 0.05) is 44.3 Å². The van der Waals surface area contributed by atoms with Gasteiger partial charge in [0.15, 0.2) is 8.68 Å². The molecule has 0 radical (unpaired) electrons. The SMILES string of the molecule is CC(C)CSc1nnc(SCC(=O)N2CCN(c3ncccn3)CC2)s1. The minimum absolute atomic E-state index is 0.148. The van der Waals surface area contributed by atoms with E-state index >= 15 is 0 Å². The lowest BCUT2D eigenvalue weighted by Gasteiger charge is -2.34. The second-order valence-electron chi connectivity index (χ2n) is 6.24. The van der Waals surface area contributed by atoms with Crippen molar-refractivity contribution in [2.75, 3.05) is 42.6 Å². The lowest BCUT2D eigenvalue weighted by atomic mass is 10.3. The lowest BCUT2D eigenvalue weighted by Crippen LogP contribution is -2.49. The highest BCUT2D eigenvalue weighted by atomic mass is 32.2. The summed E-state index contributed by atoms with van der Waals surface area (Å²) < 4.78 is 1.84. The number of amides is 1. The number of nitrogens with zero attached hydrogens (tertiary/aromatic N) is 6. The van der Waals surface area contributed by atoms with Crippen LogP contribution >= 0.6 is 34.9 Å². The molecule has 0 unspecified atom stereocenters. The molecule has 1 amide bonds. The van der Waals surface area contributed by atoms with E-state index < -0.39 is 0 Å². The molecule has 0 N–H and O–H groups in total. The van der Waals surface area contributed by atoms with Gasteiger partial charge < -0.3 is 9.80 Å². The van der Waals surface area contributed by atoms with Gasteiger partial charge in [0.2, 0.25) is 11.9 Å². The predicted octanol–water partition coefficient (Wildman–Crippen LogP) is 2.52. The molecule has 2 aromatic rings. The van der Waals surface area contributed by atoms with Gasteiger partial charge in [0.05, 0.1) is 5.75 Å². The van der Waals surface area contributed by atoms with E-state index in [9.17, 15) is 4.79 Å². The average Bonchev–Trinajstić information content (AvgIpc) is 3.13. The molecule has 7 nitrogen and oxygen atoms in total. The van der Waals surface area contributed by atoms with Gasteiger partial charge in [-0.3, -0.25) is 4.79 Å². The summed E-state index contributed by atoms with van der Waals surface area (Å²) in [5.41, 5.74) is 0. The van der Waals surface area contributed by atoms with Crippen molar-refractivity contribution in [3.05, 3.63) is 18.5 Å². The molecule has 1 saturated heterocycles. The summed E-state index contributed by atoms with van der Waals surface area (Å²) in [6, 6.07) is 1.81. The molecule has 0 saturated carbocycles. The molecule has 3 rings (SSSR count). The summed E-state index contributed by atoms with van der Waals surface area (Å²) in [5.74, 6) is 2.95. The first-order valence-corrected chi connectivity index (χ1v) is 11.3. The predicted molar refractivity (Wildman–Crippen MR) is 107 cm³/mol. The first kappa shape index (κ1) is 19.4. The average molecular weight is 411 g/mol. The zero-order valence-corrected chi connectivity index (χ0v) is 17.3. The van der Waals surface area contributed by atoms with E-state index in [4.69, 9.17) is 0 Å². The Morgan fingerprint density at radius 1 is 1.12 bits per heavy atom. The Kier molecular flexibility index (Phi) is 7.09. The zero-order chi connectivity index (χ0) is 18.4. The van der Waals surface area contributed by atoms with E-state index in [-0.39, 0.29) is 5.91 Å². The Balaban J connectivity index is 1.42. The van der Waals surface area contributed by atoms with E-state index in [1.165, 1.54) is 11.8 Å². The van der Waals surface area contributed by atoms with Gasteiger partial charge in [-0.05, 0) is 12.0 Å². The molecular formula is C16H22N6OS3. The molecule has 1 fully saturated rings. The number of aromatic nitrogens is 4. The molecule has 0 atom stereocenters. The number of piperazine rings is 1. The molecule has 1 aliphatic heterocycles. The van der Waals surface area contributed by atoms with Gasteiger partial charge in [-0.2, -0.15) is 0 Å². The highest BCUT2D eigenvalue weighted by Gasteiger charge is 2.22. The van der Waals surface area contributed by atoms with Crippen molar-refractivity contribution in [1.29, 1.82) is 0 Å². The van der Waals surface area contributed by atoms with Crippen molar-refractivity contribution in [2.24, 2.45) is 5.92 Å². The van der Waals surface area contributed by atoms with Crippen LogP contribution in [0.5, 0.6) is 0 Å². The summed E-state index contributed by atoms with van der Waals surface area (Å²) in [7, 11) is 0. The van der Waals surface area contributed by atoms with Crippen LogP contribution in [0.15, 0.2) is 27.1 Å². The second-order valence-corrected chi connectivity index (χ2v) is 9.71. The fourth-order valence-corrected chi connectivity index (χ4v) is 5.28. The number of carbonyl (C=O) groups is 1. The van der Waals surface area contributed by atoms with Gasteiger partial charge in [-0.25, -0.2) is 9.97 Å². The van der Waals surface area contributed by atoms with Crippen LogP contribution in [0.4, 0.5) is 5.95 Å². The number of hydrogen-bond donors (Lipinski definition) is 0. The molecule has 0 bridgehead atoms. The number of carbonyl (C=O) groups excluding carboxylic acids is 1. The molecule has 10 heteroatoms. The fraction of sp³-hybridized carbons (Fsp3) is 0.562. The number of rotatable bonds is 7. The van der Waals surface area contributed by atoms with Crippen LogP contribution in [-0.2, 0) is 4.79 Å². The van der Waals surface area contributed by atoms with Crippen LogP contribution in [0.3, 0.4) is 0 Å². The Bertz CT molecular complexity index is 703. The van der Waals surface area contributed by atoms with E-state index in [0.29, 0.717) is 24.8 Å². The smallest absolute Gasteiger partial charge is 0.233 e. The summed E-state index contributed by atoms with van der Waals surface area (Å²) >= 11 is 4.77. The van der Waals surface area contributed by atoms with Crippen LogP contribution in [-0.4, -0.2) is 68.7 Å². The minimum atomic E-state index is 0.148. The summed E-state index contributed by atoms with van der Waals surface area (Å²) in [5, 5.41) is 8.37. The largest absolute Gasteiger partial charge is 0.338 e. The van der Waals surface area contributed by atoms with Crippen molar-refractivity contribution >= 4 is 46.7 Å². The number of anilines is 1. The quantitative estimate of drug-likeness (QED) is 0.645. The summed E-state index contributed by atoms with van der Waals surface area (Å²) in [4.78, 5) is 25.0. The van der Waals surface area contributed by atoms with Crippen molar-refractivity contribution in [3.8, 4) is 0 Å². The normalized spacial score (nSPS) is 14.9. The van der Waals surface area contributed by atoms with Crippen LogP contribution in [0.2, 0.25) is 0 Å². The van der Waals surface area contributed by atoms with Gasteiger partial charge in [0.1, 0.15) is 0 Å². The van der Waals surface area contributed by atoms with Crippen molar-refractivity contribution in [1.82, 2.24) is 25.1 Å². The molecule has 0 aliphatic carbocycles. The van der Waals surface area contributed by atoms with Gasteiger partial charge in [-0.1, -0.05) is 48.7 Å². The van der Waals surface area contributed by atoms with Gasteiger partial charge in [-0.15, -0.1) is 10.2 Å². The van der Waals surface area contributed by atoms with Crippen molar-refractivity contribution < 1.29 is 4.79 Å². The highest BCUT2D eigenvalue weighted by molar-refractivity contribution is 8.03. The fourth-order valence-electron chi connectivity index (χ4n) is 2.38. The van der Waals surface area contributed by atoms with Gasteiger partial charge in [0.25, 0.3) is 0 Å². The molecule has 26 heavy (non-hydrogen) atoms. The molecule has 2 aromatic heterocycles. The first-order valence-electron chi connectivity index (χ1n) is 8.50. The maximum absolute atomic E-state index is 12.4. The zero-order valence-electron chi connectivity index (χ0n) is 14.9. The van der Waals surface area contributed by atoms with Crippen molar-refractivity contribution in [2.45, 2.75) is 22.5 Å². The maximum Gasteiger partial charge on any atom is 0.233 e. The monoisotopic (exact) mass is 410 g/mol. The Morgan fingerprint density at radius 3 is 2.42 bits per heavy atom. The second kappa shape index (κ2) is 9.52. The number of hydrogen-bond acceptors (Lipinski definition) is 9. The van der Waals surface area contributed by atoms with Crippen LogP contribution < -0.4 is 4.90 Å². The molecule has 0 aromatic carbocycles. The maximum atomic E-state index is 12.4. The Hall–Kier alpha value is -1.39. The summed E-state index contributed by atoms with van der Waals surface area (Å²) in [6.45, 7) is 7.29. The van der Waals surface area contributed by atoms with E-state index in [0.717, 1.165) is 33.5 Å². The van der Waals surface area contributed by atoms with E-state index in [1.54, 1.807) is 41.6 Å². The molecule has 140 valence electrons. The molecule has 0 spiro atoms. The molecular weight excluding hydrogens is 388 g/mol. The molecule has 3 heterocycles.